The van der Waals surface area contributed by atoms with Gasteiger partial charge in [0.25, 0.3) is 0 Å². The monoisotopic (exact) mass is 249 g/mol. The number of unbranched alkanes of at least 4 members (excludes halogenated alkanes) is 2. The summed E-state index contributed by atoms with van der Waals surface area (Å²) in [4.78, 5) is 19.9. The molecule has 102 valence electrons. The molecule has 7 nitrogen and oxygen atoms in total. The summed E-state index contributed by atoms with van der Waals surface area (Å²) >= 11 is 0. The number of nitrogens with two attached hydrogens (primary N) is 3. The Morgan fingerprint density at radius 3 is 1.76 bits per heavy atom. The molecule has 0 amide bonds. The van der Waals surface area contributed by atoms with Crippen LogP contribution in [-0.4, -0.2) is 41.3 Å². The van der Waals surface area contributed by atoms with Gasteiger partial charge >= 0.3 is 11.9 Å². The lowest BCUT2D eigenvalue weighted by Crippen LogP contribution is -2.30. The average molecular weight is 249 g/mol. The Hall–Kier alpha value is -1.18. The molecule has 0 aromatic carbocycles. The molecule has 0 saturated carbocycles. The highest BCUT2D eigenvalue weighted by molar-refractivity contribution is 5.74. The number of hydrogen-bond donors (Lipinski definition) is 5. The summed E-state index contributed by atoms with van der Waals surface area (Å²) in [6, 6.07) is -1.06. The normalized spacial score (nSPS) is 11.2. The number of carboxylic acids is 2. The number of hydrogen-bond acceptors (Lipinski definition) is 5. The van der Waals surface area contributed by atoms with Crippen LogP contribution in [0.4, 0.5) is 0 Å². The van der Waals surface area contributed by atoms with Gasteiger partial charge in [-0.2, -0.15) is 0 Å². The van der Waals surface area contributed by atoms with E-state index in [-0.39, 0.29) is 12.8 Å². The van der Waals surface area contributed by atoms with E-state index in [1.54, 1.807) is 0 Å². The first-order valence-electron chi connectivity index (χ1n) is 5.56. The first kappa shape index (κ1) is 18.2. The first-order chi connectivity index (χ1) is 7.95. The second-order valence-corrected chi connectivity index (χ2v) is 3.52. The van der Waals surface area contributed by atoms with Crippen molar-refractivity contribution in [3.63, 3.8) is 0 Å². The van der Waals surface area contributed by atoms with Crippen molar-refractivity contribution in [2.45, 2.75) is 38.1 Å². The Morgan fingerprint density at radius 1 is 1.00 bits per heavy atom. The van der Waals surface area contributed by atoms with E-state index in [9.17, 15) is 9.59 Å². The van der Waals surface area contributed by atoms with Crippen molar-refractivity contribution < 1.29 is 19.8 Å². The quantitative estimate of drug-likeness (QED) is 0.358. The zero-order chi connectivity index (χ0) is 13.7. The van der Waals surface area contributed by atoms with Gasteiger partial charge in [-0.3, -0.25) is 9.59 Å². The second kappa shape index (κ2) is 12.9. The number of carboxylic acid groups (broad SMARTS) is 2. The standard InChI is InChI=1S/C5H14N2.C5H9NO4/c6-4-2-1-3-5-7;6-3(5(9)10)1-2-4(7)8/h1-7H2;3H,1-2,6H2,(H,7,8)(H,9,10)/t;3-/m.0/s1. The number of rotatable bonds is 8. The first-order valence-corrected chi connectivity index (χ1v) is 5.56. The predicted molar refractivity (Wildman–Crippen MR) is 64.4 cm³/mol. The van der Waals surface area contributed by atoms with Gasteiger partial charge in [-0.05, 0) is 32.4 Å². The van der Waals surface area contributed by atoms with Gasteiger partial charge in [-0.15, -0.1) is 0 Å². The zero-order valence-electron chi connectivity index (χ0n) is 9.97. The van der Waals surface area contributed by atoms with Crippen LogP contribution in [0.15, 0.2) is 0 Å². The average Bonchev–Trinajstić information content (AvgIpc) is 2.27. The molecule has 0 aliphatic carbocycles. The Bertz CT molecular complexity index is 208. The topological polar surface area (TPSA) is 153 Å². The molecule has 0 saturated heterocycles. The summed E-state index contributed by atoms with van der Waals surface area (Å²) in [5.74, 6) is -2.20. The SMILES string of the molecule is NCCCCCN.N[C@@H](CCC(=O)O)C(=O)O. The van der Waals surface area contributed by atoms with Gasteiger partial charge in [-0.1, -0.05) is 6.42 Å². The van der Waals surface area contributed by atoms with Gasteiger partial charge in [0.15, 0.2) is 0 Å². The van der Waals surface area contributed by atoms with Gasteiger partial charge in [0, 0.05) is 6.42 Å². The molecule has 0 fully saturated rings. The highest BCUT2D eigenvalue weighted by atomic mass is 16.4. The minimum Gasteiger partial charge on any atom is -0.481 e. The maximum Gasteiger partial charge on any atom is 0.320 e. The van der Waals surface area contributed by atoms with Crippen LogP contribution in [0.5, 0.6) is 0 Å². The van der Waals surface area contributed by atoms with E-state index in [1.807, 2.05) is 0 Å². The second-order valence-electron chi connectivity index (χ2n) is 3.52. The molecule has 0 aromatic rings. The van der Waals surface area contributed by atoms with Crippen molar-refractivity contribution in [3.05, 3.63) is 0 Å². The maximum absolute atomic E-state index is 9.99. The molecule has 0 spiro atoms. The molecule has 7 heteroatoms. The third kappa shape index (κ3) is 17.4. The summed E-state index contributed by atoms with van der Waals surface area (Å²) in [6.07, 6.45) is 3.21. The lowest BCUT2D eigenvalue weighted by Gasteiger charge is -2.01. The fraction of sp³-hybridized carbons (Fsp3) is 0.800. The van der Waals surface area contributed by atoms with Gasteiger partial charge in [0.2, 0.25) is 0 Å². The molecule has 0 aromatic heterocycles. The minimum absolute atomic E-state index is 0.0231. The summed E-state index contributed by atoms with van der Waals surface area (Å²) in [6.45, 7) is 1.61. The van der Waals surface area contributed by atoms with Crippen LogP contribution < -0.4 is 17.2 Å². The Balaban J connectivity index is 0. The van der Waals surface area contributed by atoms with Crippen LogP contribution in [0.25, 0.3) is 0 Å². The van der Waals surface area contributed by atoms with Crippen molar-refractivity contribution in [2.24, 2.45) is 17.2 Å². The Morgan fingerprint density at radius 2 is 1.47 bits per heavy atom. The van der Waals surface area contributed by atoms with E-state index >= 15 is 0 Å². The molecule has 0 unspecified atom stereocenters. The van der Waals surface area contributed by atoms with Crippen molar-refractivity contribution >= 4 is 11.9 Å². The predicted octanol–water partition coefficient (Wildman–Crippen LogP) is -0.663. The van der Waals surface area contributed by atoms with Crippen LogP contribution in [0.1, 0.15) is 32.1 Å². The van der Waals surface area contributed by atoms with Crippen LogP contribution in [0, 0.1) is 0 Å². The largest absolute Gasteiger partial charge is 0.481 e. The van der Waals surface area contributed by atoms with Gasteiger partial charge in [0.05, 0.1) is 0 Å². The molecule has 0 heterocycles. The van der Waals surface area contributed by atoms with Crippen molar-refractivity contribution in [2.75, 3.05) is 13.1 Å². The van der Waals surface area contributed by atoms with Gasteiger partial charge in [-0.25, -0.2) is 0 Å². The Labute approximate surface area is 101 Å². The van der Waals surface area contributed by atoms with E-state index in [2.05, 4.69) is 0 Å². The lowest BCUT2D eigenvalue weighted by atomic mass is 10.2. The molecule has 0 radical (unpaired) electrons. The van der Waals surface area contributed by atoms with Crippen molar-refractivity contribution in [1.29, 1.82) is 0 Å². The van der Waals surface area contributed by atoms with E-state index < -0.39 is 18.0 Å². The maximum atomic E-state index is 9.99. The van der Waals surface area contributed by atoms with Crippen LogP contribution in [-0.2, 0) is 9.59 Å². The molecular formula is C10H23N3O4. The summed E-state index contributed by atoms with van der Waals surface area (Å²) in [5, 5.41) is 16.3. The van der Waals surface area contributed by atoms with Crippen molar-refractivity contribution in [3.8, 4) is 0 Å². The highest BCUT2D eigenvalue weighted by Crippen LogP contribution is 1.93. The Kier molecular flexibility index (Phi) is 13.8. The molecular weight excluding hydrogens is 226 g/mol. The zero-order valence-corrected chi connectivity index (χ0v) is 9.97. The summed E-state index contributed by atoms with van der Waals surface area (Å²) in [5.41, 5.74) is 15.5. The van der Waals surface area contributed by atoms with Crippen LogP contribution in [0.3, 0.4) is 0 Å². The van der Waals surface area contributed by atoms with E-state index in [0.29, 0.717) is 0 Å². The van der Waals surface area contributed by atoms with Crippen LogP contribution in [0.2, 0.25) is 0 Å². The lowest BCUT2D eigenvalue weighted by molar-refractivity contribution is -0.139. The third-order valence-corrected chi connectivity index (χ3v) is 1.89. The smallest absolute Gasteiger partial charge is 0.320 e. The van der Waals surface area contributed by atoms with E-state index in [4.69, 9.17) is 27.4 Å². The van der Waals surface area contributed by atoms with Crippen molar-refractivity contribution in [1.82, 2.24) is 0 Å². The van der Waals surface area contributed by atoms with Gasteiger partial charge < -0.3 is 27.4 Å². The summed E-state index contributed by atoms with van der Waals surface area (Å²) in [7, 11) is 0. The third-order valence-electron chi connectivity index (χ3n) is 1.89. The fourth-order valence-corrected chi connectivity index (χ4v) is 0.868. The molecule has 0 aliphatic heterocycles. The van der Waals surface area contributed by atoms with Gasteiger partial charge in [0.1, 0.15) is 6.04 Å². The molecule has 0 aliphatic rings. The fourth-order valence-electron chi connectivity index (χ4n) is 0.868. The van der Waals surface area contributed by atoms with E-state index in [0.717, 1.165) is 25.9 Å². The molecule has 8 N–H and O–H groups in total. The molecule has 1 atom stereocenters. The van der Waals surface area contributed by atoms with Crippen LogP contribution >= 0.6 is 0 Å². The minimum atomic E-state index is -1.17. The molecule has 0 bridgehead atoms. The number of carbonyl (C=O) groups is 2. The number of aliphatic carboxylic acids is 2. The summed E-state index contributed by atoms with van der Waals surface area (Å²) < 4.78 is 0. The molecule has 0 rings (SSSR count). The van der Waals surface area contributed by atoms with E-state index in [1.165, 1.54) is 6.42 Å². The highest BCUT2D eigenvalue weighted by Gasteiger charge is 2.12. The molecule has 17 heavy (non-hydrogen) atoms.